The van der Waals surface area contributed by atoms with Crippen LogP contribution in [0.25, 0.3) is 22.9 Å². The van der Waals surface area contributed by atoms with Crippen LogP contribution in [0.5, 0.6) is 0 Å². The second kappa shape index (κ2) is 8.40. The zero-order valence-electron chi connectivity index (χ0n) is 17.0. The maximum absolute atomic E-state index is 12.8. The van der Waals surface area contributed by atoms with Crippen molar-refractivity contribution in [3.05, 3.63) is 89.5 Å². The first kappa shape index (κ1) is 19.6. The first-order chi connectivity index (χ1) is 15.2. The molecule has 0 saturated carbocycles. The second-order valence-corrected chi connectivity index (χ2v) is 8.69. The van der Waals surface area contributed by atoms with E-state index in [0.29, 0.717) is 17.3 Å². The number of fused-ring (bicyclic) bond motifs is 1. The molecule has 0 radical (unpaired) electrons. The second-order valence-electron chi connectivity index (χ2n) is 7.56. The van der Waals surface area contributed by atoms with Crippen molar-refractivity contribution in [1.29, 1.82) is 0 Å². The molecule has 0 aliphatic carbocycles. The zero-order valence-corrected chi connectivity index (χ0v) is 17.9. The van der Waals surface area contributed by atoms with Gasteiger partial charge in [0.1, 0.15) is 0 Å². The van der Waals surface area contributed by atoms with Crippen LogP contribution in [0.4, 0.5) is 0 Å². The van der Waals surface area contributed by atoms with Crippen LogP contribution in [-0.4, -0.2) is 21.9 Å². The Kier molecular flexibility index (Phi) is 5.30. The lowest BCUT2D eigenvalue weighted by Gasteiger charge is -2.25. The maximum Gasteiger partial charge on any atom is 0.251 e. The van der Waals surface area contributed by atoms with Crippen LogP contribution in [-0.2, 0) is 0 Å². The van der Waals surface area contributed by atoms with Crippen molar-refractivity contribution in [2.45, 2.75) is 24.3 Å². The minimum atomic E-state index is -0.0795. The number of hydrogen-bond donors (Lipinski definition) is 1. The molecule has 0 unspecified atom stereocenters. The van der Waals surface area contributed by atoms with Crippen molar-refractivity contribution in [2.24, 2.45) is 0 Å². The summed E-state index contributed by atoms with van der Waals surface area (Å²) in [5, 5.41) is 11.5. The Morgan fingerprint density at radius 3 is 2.29 bits per heavy atom. The fraction of sp³-hybridized carbons (Fsp3) is 0.160. The van der Waals surface area contributed by atoms with Gasteiger partial charge in [-0.05, 0) is 61.4 Å². The minimum absolute atomic E-state index is 0.0395. The smallest absolute Gasteiger partial charge is 0.251 e. The van der Waals surface area contributed by atoms with Crippen molar-refractivity contribution < 1.29 is 9.21 Å². The van der Waals surface area contributed by atoms with Gasteiger partial charge in [0, 0.05) is 27.3 Å². The lowest BCUT2D eigenvalue weighted by Crippen LogP contribution is -2.30. The molecule has 5 nitrogen and oxygen atoms in total. The number of aromatic nitrogens is 2. The summed E-state index contributed by atoms with van der Waals surface area (Å²) >= 11 is 1.84. The third-order valence-corrected chi connectivity index (χ3v) is 6.50. The molecule has 1 aliphatic heterocycles. The summed E-state index contributed by atoms with van der Waals surface area (Å²) in [4.78, 5) is 14.1. The Bertz CT molecular complexity index is 1220. The Morgan fingerprint density at radius 1 is 0.935 bits per heavy atom. The highest BCUT2D eigenvalue weighted by atomic mass is 32.2. The van der Waals surface area contributed by atoms with Gasteiger partial charge in [-0.3, -0.25) is 4.79 Å². The van der Waals surface area contributed by atoms with Gasteiger partial charge in [-0.25, -0.2) is 0 Å². The lowest BCUT2D eigenvalue weighted by molar-refractivity contribution is 0.0935. The van der Waals surface area contributed by atoms with Crippen LogP contribution in [0.2, 0.25) is 0 Å². The molecule has 31 heavy (non-hydrogen) atoms. The van der Waals surface area contributed by atoms with Gasteiger partial charge in [0.05, 0.1) is 6.04 Å². The number of amides is 1. The first-order valence-electron chi connectivity index (χ1n) is 10.2. The molecule has 2 heterocycles. The fourth-order valence-corrected chi connectivity index (χ4v) is 4.78. The molecule has 1 N–H and O–H groups in total. The maximum atomic E-state index is 12.8. The van der Waals surface area contributed by atoms with E-state index in [2.05, 4.69) is 27.6 Å². The molecule has 0 spiro atoms. The molecule has 3 aromatic carbocycles. The largest absolute Gasteiger partial charge is 0.416 e. The molecular weight excluding hydrogens is 406 g/mol. The summed E-state index contributed by atoms with van der Waals surface area (Å²) in [6.45, 7) is 2.03. The third-order valence-electron chi connectivity index (χ3n) is 5.38. The average molecular weight is 428 g/mol. The number of nitrogens with zero attached hydrogens (tertiary/aromatic N) is 2. The summed E-state index contributed by atoms with van der Waals surface area (Å²) < 4.78 is 5.83. The highest BCUT2D eigenvalue weighted by molar-refractivity contribution is 7.99. The van der Waals surface area contributed by atoms with Crippen molar-refractivity contribution in [3.8, 4) is 22.9 Å². The van der Waals surface area contributed by atoms with Crippen LogP contribution in [0, 0.1) is 6.92 Å². The fourth-order valence-electron chi connectivity index (χ4n) is 3.65. The van der Waals surface area contributed by atoms with Gasteiger partial charge in [-0.1, -0.05) is 35.9 Å². The van der Waals surface area contributed by atoms with E-state index in [4.69, 9.17) is 4.42 Å². The van der Waals surface area contributed by atoms with Gasteiger partial charge in [0.15, 0.2) is 0 Å². The monoisotopic (exact) mass is 427 g/mol. The predicted molar refractivity (Wildman–Crippen MR) is 122 cm³/mol. The van der Waals surface area contributed by atoms with Crippen LogP contribution < -0.4 is 5.32 Å². The summed E-state index contributed by atoms with van der Waals surface area (Å²) in [6.07, 6.45) is 0.926. The van der Waals surface area contributed by atoms with Crippen LogP contribution in [0.3, 0.4) is 0 Å². The average Bonchev–Trinajstić information content (AvgIpc) is 3.30. The zero-order chi connectivity index (χ0) is 21.2. The Hall–Kier alpha value is -3.38. The number of carbonyl (C=O) groups is 1. The molecular formula is C25H21N3O2S. The highest BCUT2D eigenvalue weighted by Crippen LogP contribution is 2.36. The van der Waals surface area contributed by atoms with E-state index >= 15 is 0 Å². The summed E-state index contributed by atoms with van der Waals surface area (Å²) in [6, 6.07) is 23.5. The normalized spacial score (nSPS) is 15.3. The number of aryl methyl sites for hydroxylation is 1. The van der Waals surface area contributed by atoms with Gasteiger partial charge in [0.2, 0.25) is 11.8 Å². The molecule has 0 bridgehead atoms. The molecule has 1 atom stereocenters. The van der Waals surface area contributed by atoms with E-state index in [1.165, 1.54) is 16.0 Å². The topological polar surface area (TPSA) is 68.0 Å². The number of nitrogens with one attached hydrogen (secondary N) is 1. The van der Waals surface area contributed by atoms with Crippen LogP contribution >= 0.6 is 11.8 Å². The predicted octanol–water partition coefficient (Wildman–Crippen LogP) is 5.68. The van der Waals surface area contributed by atoms with E-state index in [9.17, 15) is 4.79 Å². The van der Waals surface area contributed by atoms with Crippen molar-refractivity contribution in [1.82, 2.24) is 15.5 Å². The molecule has 5 rings (SSSR count). The molecule has 1 amide bonds. The Labute approximate surface area is 184 Å². The third kappa shape index (κ3) is 4.11. The lowest BCUT2D eigenvalue weighted by atomic mass is 10.0. The number of rotatable bonds is 4. The molecule has 1 aromatic heterocycles. The van der Waals surface area contributed by atoms with Gasteiger partial charge in [-0.2, -0.15) is 0 Å². The molecule has 0 fully saturated rings. The molecule has 0 saturated heterocycles. The van der Waals surface area contributed by atoms with E-state index in [-0.39, 0.29) is 11.9 Å². The minimum Gasteiger partial charge on any atom is -0.416 e. The van der Waals surface area contributed by atoms with Crippen molar-refractivity contribution >= 4 is 17.7 Å². The Balaban J connectivity index is 1.30. The quantitative estimate of drug-likeness (QED) is 0.454. The number of benzene rings is 3. The summed E-state index contributed by atoms with van der Waals surface area (Å²) in [5.74, 6) is 1.83. The van der Waals surface area contributed by atoms with E-state index < -0.39 is 0 Å². The molecule has 1 aliphatic rings. The number of carbonyl (C=O) groups excluding carboxylic acids is 1. The molecule has 6 heteroatoms. The van der Waals surface area contributed by atoms with E-state index in [1.54, 1.807) is 12.1 Å². The number of hydrogen-bond acceptors (Lipinski definition) is 5. The summed E-state index contributed by atoms with van der Waals surface area (Å²) in [7, 11) is 0. The summed E-state index contributed by atoms with van der Waals surface area (Å²) in [5.41, 5.74) is 4.64. The van der Waals surface area contributed by atoms with E-state index in [1.807, 2.05) is 67.2 Å². The van der Waals surface area contributed by atoms with Crippen LogP contribution in [0.1, 0.15) is 33.9 Å². The van der Waals surface area contributed by atoms with Gasteiger partial charge in [-0.15, -0.1) is 22.0 Å². The molecule has 154 valence electrons. The first-order valence-corrected chi connectivity index (χ1v) is 11.2. The van der Waals surface area contributed by atoms with Gasteiger partial charge < -0.3 is 9.73 Å². The van der Waals surface area contributed by atoms with Gasteiger partial charge >= 0.3 is 0 Å². The van der Waals surface area contributed by atoms with Crippen LogP contribution in [0.15, 0.2) is 82.1 Å². The van der Waals surface area contributed by atoms with Gasteiger partial charge in [0.25, 0.3) is 5.91 Å². The molecule has 4 aromatic rings. The SMILES string of the molecule is Cc1ccc(-c2nnc(-c3ccc(C(=O)N[C@@H]4CCSc5ccccc54)cc3)o2)cc1. The number of thioether (sulfide) groups is 1. The Morgan fingerprint density at radius 2 is 1.58 bits per heavy atom. The van der Waals surface area contributed by atoms with Crippen molar-refractivity contribution in [3.63, 3.8) is 0 Å². The highest BCUT2D eigenvalue weighted by Gasteiger charge is 2.22. The van der Waals surface area contributed by atoms with E-state index in [0.717, 1.165) is 23.3 Å². The standard InChI is InChI=1S/C25H21N3O2S/c1-16-6-8-18(9-7-16)24-27-28-25(30-24)19-12-10-17(11-13-19)23(29)26-21-14-15-31-22-5-3-2-4-20(21)22/h2-13,21H,14-15H2,1H3,(H,26,29)/t21-/m1/s1. The van der Waals surface area contributed by atoms with Crippen molar-refractivity contribution in [2.75, 3.05) is 5.75 Å².